The van der Waals surface area contributed by atoms with Crippen molar-refractivity contribution in [3.05, 3.63) is 16.0 Å². The number of ether oxygens (including phenoxy) is 1. The van der Waals surface area contributed by atoms with Crippen molar-refractivity contribution in [1.82, 2.24) is 9.97 Å². The molecule has 0 saturated heterocycles. The Bertz CT molecular complexity index is 419. The van der Waals surface area contributed by atoms with E-state index in [1.54, 1.807) is 7.11 Å². The second-order valence-corrected chi connectivity index (χ2v) is 5.52. The van der Waals surface area contributed by atoms with Crippen molar-refractivity contribution in [3.8, 4) is 0 Å². The zero-order valence-electron chi connectivity index (χ0n) is 12.5. The summed E-state index contributed by atoms with van der Waals surface area (Å²) in [5.74, 6) is 1.61. The molecule has 5 heteroatoms. The van der Waals surface area contributed by atoms with E-state index in [4.69, 9.17) is 4.74 Å². The fraction of sp³-hybridized carbons (Fsp3) is 0.714. The Balaban J connectivity index is 3.26. The molecule has 0 aliphatic heterocycles. The van der Waals surface area contributed by atoms with Gasteiger partial charge in [-0.05, 0) is 42.1 Å². The molecule has 0 aromatic carbocycles. The van der Waals surface area contributed by atoms with E-state index in [2.05, 4.69) is 52.0 Å². The molecule has 0 aliphatic carbocycles. The summed E-state index contributed by atoms with van der Waals surface area (Å²) in [6, 6.07) is 0. The van der Waals surface area contributed by atoms with Crippen LogP contribution in [0, 0.1) is 0 Å². The average molecular weight is 330 g/mol. The summed E-state index contributed by atoms with van der Waals surface area (Å²) < 4.78 is 6.56. The number of anilines is 1. The Hall–Kier alpha value is -0.680. The molecule has 0 bridgehead atoms. The van der Waals surface area contributed by atoms with Gasteiger partial charge >= 0.3 is 0 Å². The van der Waals surface area contributed by atoms with E-state index in [1.165, 1.54) is 0 Å². The lowest BCUT2D eigenvalue weighted by molar-refractivity contribution is -0.00906. The van der Waals surface area contributed by atoms with Crippen LogP contribution in [0.3, 0.4) is 0 Å². The van der Waals surface area contributed by atoms with E-state index < -0.39 is 5.60 Å². The van der Waals surface area contributed by atoms with Crippen molar-refractivity contribution < 1.29 is 4.74 Å². The van der Waals surface area contributed by atoms with Crippen molar-refractivity contribution in [2.75, 3.05) is 19.0 Å². The van der Waals surface area contributed by atoms with Crippen LogP contribution in [0.2, 0.25) is 0 Å². The van der Waals surface area contributed by atoms with Crippen LogP contribution in [-0.4, -0.2) is 23.6 Å². The first-order valence-electron chi connectivity index (χ1n) is 6.88. The summed E-state index contributed by atoms with van der Waals surface area (Å²) in [6.07, 6.45) is 2.75. The molecular formula is C14H24BrN3O. The SMILES string of the molecule is CCCNc1nc(C(C)(CC)OC)nc(CC)c1Br. The summed E-state index contributed by atoms with van der Waals surface area (Å²) >= 11 is 3.59. The van der Waals surface area contributed by atoms with Crippen LogP contribution < -0.4 is 5.32 Å². The Labute approximate surface area is 124 Å². The molecule has 19 heavy (non-hydrogen) atoms. The molecule has 1 unspecified atom stereocenters. The quantitative estimate of drug-likeness (QED) is 0.824. The highest BCUT2D eigenvalue weighted by Crippen LogP contribution is 2.31. The summed E-state index contributed by atoms with van der Waals surface area (Å²) in [5, 5.41) is 3.34. The molecule has 1 aromatic heterocycles. The normalized spacial score (nSPS) is 14.2. The zero-order chi connectivity index (χ0) is 14.5. The van der Waals surface area contributed by atoms with Gasteiger partial charge in [0.2, 0.25) is 0 Å². The molecule has 0 aliphatic rings. The lowest BCUT2D eigenvalue weighted by atomic mass is 10.0. The van der Waals surface area contributed by atoms with Crippen molar-refractivity contribution >= 4 is 21.7 Å². The van der Waals surface area contributed by atoms with Crippen molar-refractivity contribution in [1.29, 1.82) is 0 Å². The highest BCUT2D eigenvalue weighted by Gasteiger charge is 2.29. The van der Waals surface area contributed by atoms with Gasteiger partial charge in [0, 0.05) is 13.7 Å². The maximum Gasteiger partial charge on any atom is 0.162 e. The second-order valence-electron chi connectivity index (χ2n) is 4.73. The monoisotopic (exact) mass is 329 g/mol. The van der Waals surface area contributed by atoms with Crippen molar-refractivity contribution in [3.63, 3.8) is 0 Å². The van der Waals surface area contributed by atoms with E-state index in [-0.39, 0.29) is 0 Å². The highest BCUT2D eigenvalue weighted by atomic mass is 79.9. The van der Waals surface area contributed by atoms with Gasteiger partial charge in [0.05, 0.1) is 10.2 Å². The van der Waals surface area contributed by atoms with E-state index >= 15 is 0 Å². The molecule has 108 valence electrons. The zero-order valence-corrected chi connectivity index (χ0v) is 14.1. The fourth-order valence-electron chi connectivity index (χ4n) is 1.72. The molecule has 0 fully saturated rings. The number of halogens is 1. The topological polar surface area (TPSA) is 47.0 Å². The molecular weight excluding hydrogens is 306 g/mol. The molecule has 1 N–H and O–H groups in total. The molecule has 1 heterocycles. The molecule has 0 amide bonds. The van der Waals surface area contributed by atoms with Gasteiger partial charge in [-0.1, -0.05) is 20.8 Å². The number of methoxy groups -OCH3 is 1. The van der Waals surface area contributed by atoms with Crippen molar-refractivity contribution in [2.24, 2.45) is 0 Å². The molecule has 0 saturated carbocycles. The molecule has 0 spiro atoms. The Kier molecular flexibility index (Phi) is 6.20. The first-order chi connectivity index (χ1) is 9.02. The fourth-order valence-corrected chi connectivity index (χ4v) is 2.32. The molecule has 0 radical (unpaired) electrons. The molecule has 1 aromatic rings. The van der Waals surface area contributed by atoms with Gasteiger partial charge in [0.25, 0.3) is 0 Å². The van der Waals surface area contributed by atoms with Gasteiger partial charge in [-0.3, -0.25) is 0 Å². The predicted molar refractivity (Wildman–Crippen MR) is 82.5 cm³/mol. The lowest BCUT2D eigenvalue weighted by Gasteiger charge is -2.26. The van der Waals surface area contributed by atoms with Crippen LogP contribution in [0.4, 0.5) is 5.82 Å². The van der Waals surface area contributed by atoms with E-state index in [1.807, 2.05) is 6.92 Å². The number of aromatic nitrogens is 2. The maximum absolute atomic E-state index is 5.60. The third-order valence-corrected chi connectivity index (χ3v) is 4.23. The number of aryl methyl sites for hydroxylation is 1. The van der Waals surface area contributed by atoms with Gasteiger partial charge < -0.3 is 10.1 Å². The van der Waals surface area contributed by atoms with Crippen LogP contribution in [0.15, 0.2) is 4.47 Å². The minimum Gasteiger partial charge on any atom is -0.371 e. The first kappa shape index (κ1) is 16.4. The molecule has 4 nitrogen and oxygen atoms in total. The van der Waals surface area contributed by atoms with Crippen LogP contribution in [0.1, 0.15) is 52.1 Å². The molecule has 1 rings (SSSR count). The van der Waals surface area contributed by atoms with Crippen LogP contribution >= 0.6 is 15.9 Å². The number of nitrogens with one attached hydrogen (secondary N) is 1. The van der Waals surface area contributed by atoms with Gasteiger partial charge in [-0.15, -0.1) is 0 Å². The summed E-state index contributed by atoms with van der Waals surface area (Å²) in [7, 11) is 1.71. The number of rotatable bonds is 7. The first-order valence-corrected chi connectivity index (χ1v) is 7.67. The van der Waals surface area contributed by atoms with Gasteiger partial charge in [-0.2, -0.15) is 0 Å². The Morgan fingerprint density at radius 3 is 2.42 bits per heavy atom. The van der Waals surface area contributed by atoms with E-state index in [9.17, 15) is 0 Å². The summed E-state index contributed by atoms with van der Waals surface area (Å²) in [6.45, 7) is 9.23. The van der Waals surface area contributed by atoms with Crippen molar-refractivity contribution in [2.45, 2.75) is 52.6 Å². The third kappa shape index (κ3) is 3.66. The van der Waals surface area contributed by atoms with Gasteiger partial charge in [-0.25, -0.2) is 9.97 Å². The second kappa shape index (κ2) is 7.20. The average Bonchev–Trinajstić information content (AvgIpc) is 2.45. The lowest BCUT2D eigenvalue weighted by Crippen LogP contribution is -2.27. The smallest absolute Gasteiger partial charge is 0.162 e. The minimum absolute atomic E-state index is 0.437. The van der Waals surface area contributed by atoms with Crippen LogP contribution in [-0.2, 0) is 16.8 Å². The summed E-state index contributed by atoms with van der Waals surface area (Å²) in [4.78, 5) is 9.29. The Morgan fingerprint density at radius 2 is 1.95 bits per heavy atom. The maximum atomic E-state index is 5.60. The third-order valence-electron chi connectivity index (χ3n) is 3.40. The standard InChI is InChI=1S/C14H24BrN3O/c1-6-9-16-12-11(15)10(7-2)17-13(18-12)14(4,8-3)19-5/h6-9H2,1-5H3,(H,16,17,18). The number of hydrogen-bond donors (Lipinski definition) is 1. The van der Waals surface area contributed by atoms with E-state index in [0.717, 1.165) is 47.6 Å². The van der Waals surface area contributed by atoms with E-state index in [0.29, 0.717) is 0 Å². The van der Waals surface area contributed by atoms with Gasteiger partial charge in [0.1, 0.15) is 11.4 Å². The minimum atomic E-state index is -0.437. The summed E-state index contributed by atoms with van der Waals surface area (Å²) in [5.41, 5.74) is 0.577. The predicted octanol–water partition coefficient (Wildman–Crippen LogP) is 3.90. The Morgan fingerprint density at radius 1 is 1.26 bits per heavy atom. The van der Waals surface area contributed by atoms with Crippen LogP contribution in [0.5, 0.6) is 0 Å². The largest absolute Gasteiger partial charge is 0.371 e. The number of nitrogens with zero attached hydrogens (tertiary/aromatic N) is 2. The molecule has 1 atom stereocenters. The highest BCUT2D eigenvalue weighted by molar-refractivity contribution is 9.10. The van der Waals surface area contributed by atoms with Crippen LogP contribution in [0.25, 0.3) is 0 Å². The number of hydrogen-bond acceptors (Lipinski definition) is 4. The van der Waals surface area contributed by atoms with Gasteiger partial charge in [0.15, 0.2) is 5.82 Å².